The molecule has 0 saturated heterocycles. The Balaban J connectivity index is 2.12. The topological polar surface area (TPSA) is 45.1 Å². The van der Waals surface area contributed by atoms with Gasteiger partial charge >= 0.3 is 6.09 Å². The average Bonchev–Trinajstić information content (AvgIpc) is 2.66. The first-order valence-corrected chi connectivity index (χ1v) is 7.07. The highest BCUT2D eigenvalue weighted by atomic mass is 16.6. The lowest BCUT2D eigenvalue weighted by molar-refractivity contribution is 0.162. The maximum absolute atomic E-state index is 11.7. The first-order valence-electron chi connectivity index (χ1n) is 7.07. The summed E-state index contributed by atoms with van der Waals surface area (Å²) >= 11 is 0. The number of amides is 1. The molecule has 1 aromatic rings. The Labute approximate surface area is 126 Å². The molecule has 5 heteroatoms. The molecule has 0 unspecified atom stereocenters. The third-order valence-electron chi connectivity index (χ3n) is 3.55. The van der Waals surface area contributed by atoms with Crippen LogP contribution in [0.4, 0.5) is 4.79 Å². The number of carbonyl (C=O) groups is 1. The van der Waals surface area contributed by atoms with E-state index in [1.165, 1.54) is 16.0 Å². The van der Waals surface area contributed by atoms with E-state index in [1.54, 1.807) is 14.1 Å². The van der Waals surface area contributed by atoms with Gasteiger partial charge in [0.05, 0.1) is 18.5 Å². The number of aryl methyl sites for hydroxylation is 1. The molecule has 1 aliphatic rings. The van der Waals surface area contributed by atoms with Crippen LogP contribution in [0.15, 0.2) is 29.4 Å². The number of nitrogens with zero attached hydrogens (tertiary/aromatic N) is 3. The minimum atomic E-state index is -0.389. The first kappa shape index (κ1) is 15.4. The molecule has 0 aromatic heterocycles. The Morgan fingerprint density at radius 3 is 2.67 bits per heavy atom. The summed E-state index contributed by atoms with van der Waals surface area (Å²) in [6.07, 6.45) is -0.389. The molecule has 0 bridgehead atoms. The quantitative estimate of drug-likeness (QED) is 0.841. The number of hydrazone groups is 1. The predicted octanol–water partition coefficient (Wildman–Crippen LogP) is 2.85. The normalized spacial score (nSPS) is 16.6. The van der Waals surface area contributed by atoms with Gasteiger partial charge in [0.25, 0.3) is 0 Å². The van der Waals surface area contributed by atoms with Crippen molar-refractivity contribution in [2.45, 2.75) is 27.3 Å². The highest BCUT2D eigenvalue weighted by Gasteiger charge is 2.37. The summed E-state index contributed by atoms with van der Waals surface area (Å²) in [5.41, 5.74) is 2.20. The van der Waals surface area contributed by atoms with Gasteiger partial charge in [-0.1, -0.05) is 24.3 Å². The van der Waals surface area contributed by atoms with E-state index in [-0.39, 0.29) is 11.5 Å². The zero-order valence-electron chi connectivity index (χ0n) is 13.4. The maximum Gasteiger partial charge on any atom is 0.415 e. The lowest BCUT2D eigenvalue weighted by Crippen LogP contribution is -2.33. The molecule has 21 heavy (non-hydrogen) atoms. The number of benzene rings is 1. The van der Waals surface area contributed by atoms with Crippen LogP contribution in [0, 0.1) is 12.3 Å². The standard InChI is InChI=1S/C16H23N3O2/c1-12-8-6-7-9-13(12)10-19-11-16(2,3)14(17-19)21-15(20)18(4)5/h6-9H,10-11H2,1-5H3. The first-order chi connectivity index (χ1) is 9.79. The van der Waals surface area contributed by atoms with Crippen LogP contribution < -0.4 is 0 Å². The zero-order chi connectivity index (χ0) is 15.6. The SMILES string of the molecule is Cc1ccccc1CN1CC(C)(C)C(OC(=O)N(C)C)=N1. The lowest BCUT2D eigenvalue weighted by atomic mass is 9.94. The van der Waals surface area contributed by atoms with E-state index in [0.29, 0.717) is 5.90 Å². The average molecular weight is 289 g/mol. The fourth-order valence-corrected chi connectivity index (χ4v) is 2.23. The lowest BCUT2D eigenvalue weighted by Gasteiger charge is -2.21. The van der Waals surface area contributed by atoms with E-state index in [0.717, 1.165) is 13.1 Å². The van der Waals surface area contributed by atoms with Gasteiger partial charge < -0.3 is 9.64 Å². The molecule has 1 heterocycles. The maximum atomic E-state index is 11.7. The van der Waals surface area contributed by atoms with Crippen molar-refractivity contribution < 1.29 is 9.53 Å². The number of hydrogen-bond acceptors (Lipinski definition) is 4. The monoisotopic (exact) mass is 289 g/mol. The second-order valence-corrected chi connectivity index (χ2v) is 6.30. The molecule has 0 radical (unpaired) electrons. The van der Waals surface area contributed by atoms with Gasteiger partial charge in [-0.15, -0.1) is 5.10 Å². The van der Waals surface area contributed by atoms with Crippen LogP contribution in [0.25, 0.3) is 0 Å². The fraction of sp³-hybridized carbons (Fsp3) is 0.500. The third-order valence-corrected chi connectivity index (χ3v) is 3.55. The third kappa shape index (κ3) is 3.54. The minimum Gasteiger partial charge on any atom is -0.393 e. The Bertz CT molecular complexity index is 564. The van der Waals surface area contributed by atoms with E-state index < -0.39 is 0 Å². The molecule has 5 nitrogen and oxygen atoms in total. The second-order valence-electron chi connectivity index (χ2n) is 6.30. The second kappa shape index (κ2) is 5.76. The van der Waals surface area contributed by atoms with E-state index in [1.807, 2.05) is 31.0 Å². The highest BCUT2D eigenvalue weighted by Crippen LogP contribution is 2.29. The fourth-order valence-electron chi connectivity index (χ4n) is 2.23. The molecule has 0 spiro atoms. The number of carbonyl (C=O) groups excluding carboxylic acids is 1. The van der Waals surface area contributed by atoms with Crippen LogP contribution in [-0.4, -0.2) is 42.5 Å². The van der Waals surface area contributed by atoms with Gasteiger partial charge in [-0.05, 0) is 31.9 Å². The Morgan fingerprint density at radius 1 is 1.38 bits per heavy atom. The molecule has 1 amide bonds. The van der Waals surface area contributed by atoms with Crippen molar-refractivity contribution in [3.05, 3.63) is 35.4 Å². The van der Waals surface area contributed by atoms with E-state index in [4.69, 9.17) is 4.74 Å². The van der Waals surface area contributed by atoms with E-state index in [9.17, 15) is 4.79 Å². The van der Waals surface area contributed by atoms with E-state index >= 15 is 0 Å². The molecule has 114 valence electrons. The largest absolute Gasteiger partial charge is 0.415 e. The van der Waals surface area contributed by atoms with Crippen LogP contribution >= 0.6 is 0 Å². The molecule has 0 N–H and O–H groups in total. The van der Waals surface area contributed by atoms with Crippen molar-refractivity contribution in [2.24, 2.45) is 10.5 Å². The van der Waals surface area contributed by atoms with Gasteiger partial charge in [0.2, 0.25) is 5.90 Å². The molecular weight excluding hydrogens is 266 g/mol. The Hall–Kier alpha value is -2.04. The molecule has 0 saturated carbocycles. The van der Waals surface area contributed by atoms with Gasteiger partial charge in [-0.25, -0.2) is 4.79 Å². The van der Waals surface area contributed by atoms with Crippen LogP contribution in [0.5, 0.6) is 0 Å². The van der Waals surface area contributed by atoms with Gasteiger partial charge in [0, 0.05) is 14.1 Å². The Morgan fingerprint density at radius 2 is 2.05 bits per heavy atom. The summed E-state index contributed by atoms with van der Waals surface area (Å²) in [6.45, 7) is 7.61. The van der Waals surface area contributed by atoms with Crippen molar-refractivity contribution in [1.82, 2.24) is 9.91 Å². The summed E-state index contributed by atoms with van der Waals surface area (Å²) in [4.78, 5) is 13.1. The predicted molar refractivity (Wildman–Crippen MR) is 83.0 cm³/mol. The van der Waals surface area contributed by atoms with Crippen LogP contribution in [0.3, 0.4) is 0 Å². The van der Waals surface area contributed by atoms with Gasteiger partial charge in [-0.2, -0.15) is 0 Å². The minimum absolute atomic E-state index is 0.269. The van der Waals surface area contributed by atoms with Gasteiger partial charge in [0.15, 0.2) is 0 Å². The number of rotatable bonds is 2. The van der Waals surface area contributed by atoms with Crippen molar-refractivity contribution in [3.63, 3.8) is 0 Å². The van der Waals surface area contributed by atoms with Crippen LogP contribution in [-0.2, 0) is 11.3 Å². The van der Waals surface area contributed by atoms with Crippen LogP contribution in [0.1, 0.15) is 25.0 Å². The molecule has 1 aromatic carbocycles. The molecule has 2 rings (SSSR count). The highest BCUT2D eigenvalue weighted by molar-refractivity contribution is 5.92. The van der Waals surface area contributed by atoms with Crippen molar-refractivity contribution >= 4 is 12.0 Å². The molecule has 0 aliphatic carbocycles. The molecule has 0 fully saturated rings. The van der Waals surface area contributed by atoms with Crippen LogP contribution in [0.2, 0.25) is 0 Å². The summed E-state index contributed by atoms with van der Waals surface area (Å²) in [5.74, 6) is 0.481. The van der Waals surface area contributed by atoms with Crippen molar-refractivity contribution in [2.75, 3.05) is 20.6 Å². The zero-order valence-corrected chi connectivity index (χ0v) is 13.4. The summed E-state index contributed by atoms with van der Waals surface area (Å²) in [7, 11) is 3.33. The number of ether oxygens (including phenoxy) is 1. The summed E-state index contributed by atoms with van der Waals surface area (Å²) < 4.78 is 5.38. The smallest absolute Gasteiger partial charge is 0.393 e. The van der Waals surface area contributed by atoms with Gasteiger partial charge in [0.1, 0.15) is 0 Å². The Kier molecular flexibility index (Phi) is 4.21. The molecular formula is C16H23N3O2. The number of hydrogen-bond donors (Lipinski definition) is 0. The van der Waals surface area contributed by atoms with E-state index in [2.05, 4.69) is 24.2 Å². The summed E-state index contributed by atoms with van der Waals surface area (Å²) in [5, 5.41) is 6.44. The van der Waals surface area contributed by atoms with Crippen molar-refractivity contribution in [3.8, 4) is 0 Å². The molecule has 1 aliphatic heterocycles. The molecule has 0 atom stereocenters. The van der Waals surface area contributed by atoms with Crippen molar-refractivity contribution in [1.29, 1.82) is 0 Å². The summed E-state index contributed by atoms with van der Waals surface area (Å²) in [6, 6.07) is 8.25. The van der Waals surface area contributed by atoms with Gasteiger partial charge in [-0.3, -0.25) is 5.01 Å².